The molecule has 0 amide bonds. The second-order valence-electron chi connectivity index (χ2n) is 0.631. The van der Waals surface area contributed by atoms with E-state index in [1.165, 1.54) is 0 Å². The van der Waals surface area contributed by atoms with Crippen molar-refractivity contribution in [3.63, 3.8) is 0 Å². The van der Waals surface area contributed by atoms with Crippen LogP contribution in [0.3, 0.4) is 0 Å². The first-order valence-corrected chi connectivity index (χ1v) is 4.77. The highest BCUT2D eigenvalue weighted by molar-refractivity contribution is 8.31. The summed E-state index contributed by atoms with van der Waals surface area (Å²) >= 11 is 4.19. The monoisotopic (exact) mass is 214 g/mol. The summed E-state index contributed by atoms with van der Waals surface area (Å²) in [6, 6.07) is 0. The average molecular weight is 215 g/mol. The van der Waals surface area contributed by atoms with Gasteiger partial charge in [-0.2, -0.15) is 8.42 Å². The third-order valence-electron chi connectivity index (χ3n) is 0. The third kappa shape index (κ3) is 3900. The number of carbonyl (C=O) groups is 1. The van der Waals surface area contributed by atoms with Crippen LogP contribution in [-0.2, 0) is 8.26 Å². The van der Waals surface area contributed by atoms with E-state index in [2.05, 4.69) is 33.0 Å². The summed E-state index contributed by atoms with van der Waals surface area (Å²) in [6.45, 7) is 0. The number of hydrogen-bond donors (Lipinski definition) is 1. The Morgan fingerprint density at radius 1 is 1.33 bits per heavy atom. The molecule has 0 heterocycles. The van der Waals surface area contributed by atoms with Crippen LogP contribution >= 0.6 is 33.0 Å². The Balaban J connectivity index is 0. The van der Waals surface area contributed by atoms with E-state index < -0.39 is 13.7 Å². The summed E-state index contributed by atoms with van der Waals surface area (Å²) in [7, 11) is 4.81. The molecule has 0 saturated carbocycles. The normalized spacial score (nSPS) is 9.22. The zero-order valence-electron chi connectivity index (χ0n) is 3.71. The maximum absolute atomic E-state index is 9.16. The van der Waals surface area contributed by atoms with Crippen LogP contribution in [0.5, 0.6) is 0 Å². The van der Waals surface area contributed by atoms with E-state index in [1.54, 1.807) is 0 Å². The van der Waals surface area contributed by atoms with Crippen LogP contribution in [0.2, 0.25) is 0 Å². The van der Waals surface area contributed by atoms with Gasteiger partial charge in [-0.15, -0.1) is 0 Å². The number of hydrogen-bond acceptors (Lipinski definition) is 3. The quantitative estimate of drug-likeness (QED) is 0.623. The molecule has 0 aliphatic heterocycles. The number of rotatable bonds is 0. The molecule has 0 aromatic carbocycles. The zero-order valence-corrected chi connectivity index (χ0v) is 6.80. The predicted octanol–water partition coefficient (Wildman–Crippen LogP) is 1.61. The van der Waals surface area contributed by atoms with Gasteiger partial charge in [0.25, 0.3) is 0 Å². The fourth-order valence-electron chi connectivity index (χ4n) is 0. The summed E-state index contributed by atoms with van der Waals surface area (Å²) in [5.74, 6) is 0. The van der Waals surface area contributed by atoms with Gasteiger partial charge >= 0.3 is 13.7 Å². The first-order chi connectivity index (χ1) is 3.73. The molecule has 0 aromatic heterocycles. The van der Waals surface area contributed by atoms with Gasteiger partial charge in [0.15, 0.2) is 0 Å². The third-order valence-corrected chi connectivity index (χ3v) is 0. The molecule has 9 heavy (non-hydrogen) atoms. The van der Waals surface area contributed by atoms with Gasteiger partial charge in [-0.1, -0.05) is 0 Å². The molecule has 0 aliphatic carbocycles. The van der Waals surface area contributed by atoms with Gasteiger partial charge in [-0.3, -0.25) is 0 Å². The molecule has 4 nitrogen and oxygen atoms in total. The number of halogens is 3. The summed E-state index contributed by atoms with van der Waals surface area (Å²) in [5, 5.41) is 7.18. The fraction of sp³-hybridized carbons (Fsp3) is 0. The Labute approximate surface area is 65.2 Å². The largest absolute Gasteiger partial charge is 0.469 e. The van der Waals surface area contributed by atoms with Crippen molar-refractivity contribution in [2.45, 2.75) is 0 Å². The molecule has 1 N–H and O–H groups in total. The molecule has 0 radical (unpaired) electrons. The van der Waals surface area contributed by atoms with Gasteiger partial charge in [-0.05, 0) is 0 Å². The average Bonchev–Trinajstić information content (AvgIpc) is 1.19. The van der Waals surface area contributed by atoms with Crippen molar-refractivity contribution in [2.24, 2.45) is 0 Å². The fourth-order valence-corrected chi connectivity index (χ4v) is 0. The lowest BCUT2D eigenvalue weighted by molar-refractivity contribution is 0.220. The van der Waals surface area contributed by atoms with Crippen LogP contribution in [-0.4, -0.2) is 19.0 Å². The van der Waals surface area contributed by atoms with Crippen molar-refractivity contribution in [1.82, 2.24) is 0 Å². The molecular formula is CHCl3O4S. The first-order valence-electron chi connectivity index (χ1n) is 1.26. The van der Waals surface area contributed by atoms with Gasteiger partial charge in [0.2, 0.25) is 0 Å². The standard InChI is InChI=1S/CHClO2.Cl2O2S/c2-1(3)4;1-5(2,3)4/h(H,3,4);. The first kappa shape index (κ1) is 12.0. The maximum atomic E-state index is 9.16. The Bertz CT molecular complexity index is 158. The van der Waals surface area contributed by atoms with Crippen LogP contribution in [0.1, 0.15) is 0 Å². The molecular weight excluding hydrogens is 214 g/mol. The van der Waals surface area contributed by atoms with Crippen molar-refractivity contribution in [3.8, 4) is 0 Å². The van der Waals surface area contributed by atoms with E-state index in [0.717, 1.165) is 0 Å². The highest BCUT2D eigenvalue weighted by Gasteiger charge is 1.88. The molecule has 0 unspecified atom stereocenters. The van der Waals surface area contributed by atoms with Crippen LogP contribution < -0.4 is 0 Å². The highest BCUT2D eigenvalue weighted by atomic mass is 36.0. The Morgan fingerprint density at radius 2 is 1.33 bits per heavy atom. The van der Waals surface area contributed by atoms with Crippen molar-refractivity contribution in [2.75, 3.05) is 0 Å². The van der Waals surface area contributed by atoms with Crippen molar-refractivity contribution >= 4 is 46.7 Å². The molecule has 0 bridgehead atoms. The Morgan fingerprint density at radius 3 is 1.33 bits per heavy atom. The van der Waals surface area contributed by atoms with Crippen LogP contribution in [0.4, 0.5) is 4.79 Å². The summed E-state index contributed by atoms with van der Waals surface area (Å²) in [4.78, 5) is 8.77. The minimum atomic E-state index is -3.72. The van der Waals surface area contributed by atoms with E-state index in [0.29, 0.717) is 0 Å². The molecule has 0 rings (SSSR count). The zero-order chi connectivity index (χ0) is 8.08. The molecule has 56 valence electrons. The minimum Gasteiger partial charge on any atom is -0.469 e. The molecule has 0 saturated heterocycles. The van der Waals surface area contributed by atoms with Crippen molar-refractivity contribution in [3.05, 3.63) is 0 Å². The van der Waals surface area contributed by atoms with E-state index in [4.69, 9.17) is 18.3 Å². The van der Waals surface area contributed by atoms with Gasteiger partial charge in [0.1, 0.15) is 0 Å². The Hall–Kier alpha value is 0.290. The summed E-state index contributed by atoms with van der Waals surface area (Å²) in [6.07, 6.45) is 0. The SMILES string of the molecule is O=C(O)Cl.O=S(=O)(Cl)Cl. The highest BCUT2D eigenvalue weighted by Crippen LogP contribution is 1.98. The molecule has 0 atom stereocenters. The summed E-state index contributed by atoms with van der Waals surface area (Å²) < 4.78 is 18.3. The minimum absolute atomic E-state index is 1.36. The van der Waals surface area contributed by atoms with E-state index in [9.17, 15) is 0 Å². The second-order valence-corrected chi connectivity index (χ2v) is 4.62. The maximum Gasteiger partial charge on any atom is 0.401 e. The molecule has 0 aliphatic rings. The lowest BCUT2D eigenvalue weighted by atomic mass is 11.6. The van der Waals surface area contributed by atoms with Gasteiger partial charge < -0.3 is 5.11 Å². The summed E-state index contributed by atoms with van der Waals surface area (Å²) in [5.41, 5.74) is -1.36. The van der Waals surface area contributed by atoms with Crippen LogP contribution in [0.15, 0.2) is 0 Å². The van der Waals surface area contributed by atoms with Gasteiger partial charge in [0, 0.05) is 33.0 Å². The number of carboxylic acid groups (broad SMARTS) is 1. The van der Waals surface area contributed by atoms with E-state index in [1.807, 2.05) is 0 Å². The van der Waals surface area contributed by atoms with Gasteiger partial charge in [-0.25, -0.2) is 4.79 Å². The molecule has 0 spiro atoms. The second kappa shape index (κ2) is 5.10. The predicted molar refractivity (Wildman–Crippen MR) is 34.5 cm³/mol. The van der Waals surface area contributed by atoms with Crippen LogP contribution in [0, 0.1) is 0 Å². The lowest BCUT2D eigenvalue weighted by Gasteiger charge is -1.61. The molecule has 8 heteroatoms. The van der Waals surface area contributed by atoms with E-state index >= 15 is 0 Å². The van der Waals surface area contributed by atoms with Gasteiger partial charge in [0.05, 0.1) is 0 Å². The topological polar surface area (TPSA) is 71.4 Å². The molecule has 0 fully saturated rings. The molecule has 0 aromatic rings. The van der Waals surface area contributed by atoms with Crippen molar-refractivity contribution in [1.29, 1.82) is 0 Å². The smallest absolute Gasteiger partial charge is 0.401 e. The van der Waals surface area contributed by atoms with Crippen molar-refractivity contribution < 1.29 is 18.3 Å². The lowest BCUT2D eigenvalue weighted by Crippen LogP contribution is -1.66. The van der Waals surface area contributed by atoms with Crippen LogP contribution in [0.25, 0.3) is 0 Å². The van der Waals surface area contributed by atoms with E-state index in [-0.39, 0.29) is 0 Å². The Kier molecular flexibility index (Phi) is 6.81.